The second-order valence-electron chi connectivity index (χ2n) is 4.50. The smallest absolute Gasteiger partial charge is 0.302 e. The van der Waals surface area contributed by atoms with Crippen LogP contribution in [0.1, 0.15) is 65.2 Å². The summed E-state index contributed by atoms with van der Waals surface area (Å²) in [5.74, 6) is -0.200. The highest BCUT2D eigenvalue weighted by Crippen LogP contribution is 2.04. The van der Waals surface area contributed by atoms with Crippen molar-refractivity contribution in [3.63, 3.8) is 0 Å². The van der Waals surface area contributed by atoms with E-state index in [9.17, 15) is 4.79 Å². The van der Waals surface area contributed by atoms with Crippen LogP contribution in [0.5, 0.6) is 0 Å². The molecular weight excluding hydrogens is 224 g/mol. The summed E-state index contributed by atoms with van der Waals surface area (Å²) >= 11 is 0. The summed E-state index contributed by atoms with van der Waals surface area (Å²) in [5, 5.41) is 0. The van der Waals surface area contributed by atoms with Crippen LogP contribution in [0.4, 0.5) is 0 Å². The Morgan fingerprint density at radius 1 is 0.889 bits per heavy atom. The SMILES string of the molecule is CCCCCC/C=C/CC/C=C/CCOC(C)=O. The third-order valence-electron chi connectivity index (χ3n) is 2.65. The van der Waals surface area contributed by atoms with Gasteiger partial charge in [0.15, 0.2) is 0 Å². The molecular formula is C16H28O2. The van der Waals surface area contributed by atoms with Crippen LogP contribution in [-0.2, 0) is 9.53 Å². The number of hydrogen-bond acceptors (Lipinski definition) is 2. The van der Waals surface area contributed by atoms with Gasteiger partial charge in [0, 0.05) is 6.92 Å². The number of carbonyl (C=O) groups excluding carboxylic acids is 1. The predicted molar refractivity (Wildman–Crippen MR) is 77.5 cm³/mol. The first kappa shape index (κ1) is 16.9. The molecule has 2 heteroatoms. The average molecular weight is 252 g/mol. The molecule has 0 amide bonds. The Hall–Kier alpha value is -1.05. The quantitative estimate of drug-likeness (QED) is 0.300. The summed E-state index contributed by atoms with van der Waals surface area (Å²) < 4.78 is 4.83. The number of ether oxygens (including phenoxy) is 1. The minimum atomic E-state index is -0.200. The molecule has 0 saturated carbocycles. The van der Waals surface area contributed by atoms with Gasteiger partial charge in [-0.25, -0.2) is 0 Å². The van der Waals surface area contributed by atoms with Gasteiger partial charge < -0.3 is 4.74 Å². The van der Waals surface area contributed by atoms with Crippen molar-refractivity contribution >= 4 is 5.97 Å². The maximum absolute atomic E-state index is 10.5. The highest BCUT2D eigenvalue weighted by atomic mass is 16.5. The average Bonchev–Trinajstić information content (AvgIpc) is 2.34. The second kappa shape index (κ2) is 14.0. The van der Waals surface area contributed by atoms with Gasteiger partial charge in [-0.05, 0) is 32.1 Å². The van der Waals surface area contributed by atoms with Crippen molar-refractivity contribution in [3.8, 4) is 0 Å². The van der Waals surface area contributed by atoms with Crippen molar-refractivity contribution in [3.05, 3.63) is 24.3 Å². The molecule has 0 aliphatic carbocycles. The van der Waals surface area contributed by atoms with E-state index < -0.39 is 0 Å². The van der Waals surface area contributed by atoms with Crippen molar-refractivity contribution in [1.29, 1.82) is 0 Å². The molecule has 0 atom stereocenters. The lowest BCUT2D eigenvalue weighted by atomic mass is 10.1. The predicted octanol–water partition coefficient (Wildman–Crippen LogP) is 4.80. The van der Waals surface area contributed by atoms with E-state index in [0.717, 1.165) is 19.3 Å². The molecule has 0 heterocycles. The molecule has 0 unspecified atom stereocenters. The molecule has 0 spiro atoms. The molecule has 18 heavy (non-hydrogen) atoms. The van der Waals surface area contributed by atoms with Gasteiger partial charge in [0.25, 0.3) is 0 Å². The molecule has 0 N–H and O–H groups in total. The van der Waals surface area contributed by atoms with Crippen molar-refractivity contribution in [1.82, 2.24) is 0 Å². The lowest BCUT2D eigenvalue weighted by Crippen LogP contribution is -1.98. The van der Waals surface area contributed by atoms with Gasteiger partial charge in [-0.15, -0.1) is 0 Å². The van der Waals surface area contributed by atoms with Crippen LogP contribution in [0.2, 0.25) is 0 Å². The third kappa shape index (κ3) is 14.9. The van der Waals surface area contributed by atoms with E-state index in [-0.39, 0.29) is 5.97 Å². The Balaban J connectivity index is 3.20. The van der Waals surface area contributed by atoms with Gasteiger partial charge in [0.2, 0.25) is 0 Å². The lowest BCUT2D eigenvalue weighted by molar-refractivity contribution is -0.140. The number of hydrogen-bond donors (Lipinski definition) is 0. The van der Waals surface area contributed by atoms with E-state index in [4.69, 9.17) is 4.74 Å². The number of allylic oxidation sites excluding steroid dienone is 3. The van der Waals surface area contributed by atoms with Crippen LogP contribution in [-0.4, -0.2) is 12.6 Å². The zero-order valence-corrected chi connectivity index (χ0v) is 12.0. The number of carbonyl (C=O) groups is 1. The second-order valence-corrected chi connectivity index (χ2v) is 4.50. The highest BCUT2D eigenvalue weighted by molar-refractivity contribution is 5.65. The first-order valence-electron chi connectivity index (χ1n) is 7.20. The first-order chi connectivity index (χ1) is 8.77. The van der Waals surface area contributed by atoms with Gasteiger partial charge in [-0.2, -0.15) is 0 Å². The molecule has 0 rings (SSSR count). The maximum atomic E-state index is 10.5. The molecule has 0 aliphatic rings. The first-order valence-corrected chi connectivity index (χ1v) is 7.20. The molecule has 0 bridgehead atoms. The van der Waals surface area contributed by atoms with E-state index in [2.05, 4.69) is 31.2 Å². The van der Waals surface area contributed by atoms with Gasteiger partial charge in [-0.3, -0.25) is 4.79 Å². The standard InChI is InChI=1S/C16H28O2/c1-3-4-5-6-7-8-9-10-11-12-13-14-15-18-16(2)17/h8-9,12-13H,3-7,10-11,14-15H2,1-2H3/b9-8+,13-12+. The van der Waals surface area contributed by atoms with Gasteiger partial charge in [0.1, 0.15) is 0 Å². The molecule has 0 saturated heterocycles. The van der Waals surface area contributed by atoms with E-state index in [1.54, 1.807) is 0 Å². The molecule has 0 aromatic heterocycles. The summed E-state index contributed by atoms with van der Waals surface area (Å²) in [4.78, 5) is 10.5. The van der Waals surface area contributed by atoms with E-state index in [1.165, 1.54) is 39.0 Å². The summed E-state index contributed by atoms with van der Waals surface area (Å²) in [6.07, 6.45) is 18.4. The maximum Gasteiger partial charge on any atom is 0.302 e. The number of rotatable bonds is 11. The number of esters is 1. The van der Waals surface area contributed by atoms with E-state index in [1.807, 2.05) is 0 Å². The highest BCUT2D eigenvalue weighted by Gasteiger charge is 1.88. The minimum Gasteiger partial charge on any atom is -0.466 e. The molecule has 2 nitrogen and oxygen atoms in total. The van der Waals surface area contributed by atoms with Crippen molar-refractivity contribution in [2.45, 2.75) is 65.2 Å². The van der Waals surface area contributed by atoms with E-state index in [0.29, 0.717) is 6.61 Å². The molecule has 0 aromatic carbocycles. The lowest BCUT2D eigenvalue weighted by Gasteiger charge is -1.96. The zero-order valence-electron chi connectivity index (χ0n) is 12.0. The summed E-state index contributed by atoms with van der Waals surface area (Å²) in [6, 6.07) is 0. The largest absolute Gasteiger partial charge is 0.466 e. The summed E-state index contributed by atoms with van der Waals surface area (Å²) in [5.41, 5.74) is 0. The molecule has 0 aliphatic heterocycles. The Bertz CT molecular complexity index is 241. The fourth-order valence-corrected chi connectivity index (χ4v) is 1.62. The normalized spacial score (nSPS) is 11.4. The Labute approximate surface area is 112 Å². The minimum absolute atomic E-state index is 0.200. The summed E-state index contributed by atoms with van der Waals surface area (Å²) in [6.45, 7) is 4.18. The molecule has 0 fully saturated rings. The van der Waals surface area contributed by atoms with Crippen molar-refractivity contribution < 1.29 is 9.53 Å². The number of unbranched alkanes of at least 4 members (excludes halogenated alkanes) is 5. The van der Waals surface area contributed by atoms with Crippen molar-refractivity contribution in [2.24, 2.45) is 0 Å². The monoisotopic (exact) mass is 252 g/mol. The topological polar surface area (TPSA) is 26.3 Å². The van der Waals surface area contributed by atoms with E-state index >= 15 is 0 Å². The van der Waals surface area contributed by atoms with Crippen LogP contribution in [0.25, 0.3) is 0 Å². The molecule has 0 radical (unpaired) electrons. The summed E-state index contributed by atoms with van der Waals surface area (Å²) in [7, 11) is 0. The molecule has 104 valence electrons. The molecule has 0 aromatic rings. The fraction of sp³-hybridized carbons (Fsp3) is 0.688. The Kier molecular flexibility index (Phi) is 13.2. The Morgan fingerprint density at radius 3 is 2.11 bits per heavy atom. The van der Waals surface area contributed by atoms with Gasteiger partial charge in [0.05, 0.1) is 6.61 Å². The van der Waals surface area contributed by atoms with Crippen LogP contribution >= 0.6 is 0 Å². The van der Waals surface area contributed by atoms with Crippen LogP contribution < -0.4 is 0 Å². The Morgan fingerprint density at radius 2 is 1.50 bits per heavy atom. The van der Waals surface area contributed by atoms with Gasteiger partial charge >= 0.3 is 5.97 Å². The van der Waals surface area contributed by atoms with Crippen LogP contribution in [0.15, 0.2) is 24.3 Å². The zero-order chi connectivity index (χ0) is 13.5. The van der Waals surface area contributed by atoms with Crippen LogP contribution in [0, 0.1) is 0 Å². The van der Waals surface area contributed by atoms with Crippen LogP contribution in [0.3, 0.4) is 0 Å². The van der Waals surface area contributed by atoms with Gasteiger partial charge in [-0.1, -0.05) is 50.5 Å². The fourth-order valence-electron chi connectivity index (χ4n) is 1.62. The van der Waals surface area contributed by atoms with Crippen molar-refractivity contribution in [2.75, 3.05) is 6.61 Å². The third-order valence-corrected chi connectivity index (χ3v) is 2.65.